The van der Waals surface area contributed by atoms with Gasteiger partial charge in [-0.2, -0.15) is 0 Å². The van der Waals surface area contributed by atoms with Crippen molar-refractivity contribution in [3.05, 3.63) is 64.8 Å². The zero-order chi connectivity index (χ0) is 22.8. The minimum atomic E-state index is 0.175. The molecule has 2 heteroatoms. The predicted octanol–water partition coefficient (Wildman–Crippen LogP) is 8.97. The normalized spacial score (nSPS) is 17.2. The van der Waals surface area contributed by atoms with Crippen LogP contribution in [0.4, 0.5) is 0 Å². The Morgan fingerprint density at radius 3 is 2.22 bits per heavy atom. The molecule has 32 heavy (non-hydrogen) atoms. The van der Waals surface area contributed by atoms with E-state index in [1.807, 2.05) is 17.5 Å². The number of rotatable bonds is 3. The molecule has 166 valence electrons. The van der Waals surface area contributed by atoms with Gasteiger partial charge in [0.1, 0.15) is 0 Å². The molecule has 0 fully saturated rings. The van der Waals surface area contributed by atoms with Crippen LogP contribution in [-0.4, -0.2) is 4.98 Å². The fraction of sp³-hybridized carbons (Fsp3) is 0.433. The van der Waals surface area contributed by atoms with Crippen LogP contribution in [-0.2, 0) is 17.3 Å². The van der Waals surface area contributed by atoms with E-state index < -0.39 is 0 Å². The zero-order valence-electron chi connectivity index (χ0n) is 20.6. The Labute approximate surface area is 196 Å². The second-order valence-electron chi connectivity index (χ2n) is 11.4. The number of thiophene rings is 1. The number of aromatic nitrogens is 1. The minimum absolute atomic E-state index is 0.175. The summed E-state index contributed by atoms with van der Waals surface area (Å²) in [5.74, 6) is 0.631. The van der Waals surface area contributed by atoms with Gasteiger partial charge in [0, 0.05) is 27.2 Å². The maximum Gasteiger partial charge on any atom is 0.0880 e. The van der Waals surface area contributed by atoms with Crippen molar-refractivity contribution >= 4 is 31.5 Å². The molecule has 1 nitrogen and oxygen atoms in total. The van der Waals surface area contributed by atoms with Crippen molar-refractivity contribution in [2.45, 2.75) is 78.6 Å². The van der Waals surface area contributed by atoms with E-state index in [2.05, 4.69) is 84.9 Å². The first-order valence-electron chi connectivity index (χ1n) is 12.0. The van der Waals surface area contributed by atoms with Gasteiger partial charge in [0.2, 0.25) is 0 Å². The molecule has 0 amide bonds. The third-order valence-electron chi connectivity index (χ3n) is 7.59. The summed E-state index contributed by atoms with van der Waals surface area (Å²) >= 11 is 1.98. The third kappa shape index (κ3) is 3.22. The average molecular weight is 442 g/mol. The molecular formula is C30H35NS. The molecule has 0 N–H and O–H groups in total. The van der Waals surface area contributed by atoms with Gasteiger partial charge in [0.25, 0.3) is 0 Å². The highest BCUT2D eigenvalue weighted by Gasteiger charge is 2.41. The molecular weight excluding hydrogens is 406 g/mol. The van der Waals surface area contributed by atoms with Gasteiger partial charge in [-0.15, -0.1) is 11.3 Å². The molecule has 2 aromatic heterocycles. The smallest absolute Gasteiger partial charge is 0.0880 e. The van der Waals surface area contributed by atoms with Gasteiger partial charge in [-0.05, 0) is 71.3 Å². The van der Waals surface area contributed by atoms with E-state index in [1.165, 1.54) is 38.6 Å². The molecule has 0 unspecified atom stereocenters. The van der Waals surface area contributed by atoms with Crippen molar-refractivity contribution in [1.82, 2.24) is 4.98 Å². The second-order valence-corrected chi connectivity index (χ2v) is 12.4. The van der Waals surface area contributed by atoms with Gasteiger partial charge in [0.05, 0.1) is 10.4 Å². The van der Waals surface area contributed by atoms with Crippen molar-refractivity contribution in [3.63, 3.8) is 0 Å². The Hall–Kier alpha value is -2.19. The first kappa shape index (κ1) is 21.6. The van der Waals surface area contributed by atoms with Gasteiger partial charge in [-0.25, -0.2) is 0 Å². The highest BCUT2D eigenvalue weighted by Crippen LogP contribution is 2.54. The highest BCUT2D eigenvalue weighted by atomic mass is 32.1. The zero-order valence-corrected chi connectivity index (χ0v) is 21.4. The summed E-state index contributed by atoms with van der Waals surface area (Å²) in [5, 5.41) is 2.91. The number of pyridine rings is 1. The van der Waals surface area contributed by atoms with E-state index in [4.69, 9.17) is 4.98 Å². The van der Waals surface area contributed by atoms with Crippen molar-refractivity contribution in [1.29, 1.82) is 0 Å². The Morgan fingerprint density at radius 1 is 0.906 bits per heavy atom. The molecule has 0 spiro atoms. The number of fused-ring (bicyclic) bond motifs is 5. The largest absolute Gasteiger partial charge is 0.255 e. The first-order valence-corrected chi connectivity index (χ1v) is 12.9. The van der Waals surface area contributed by atoms with Crippen LogP contribution in [0.25, 0.3) is 31.4 Å². The molecule has 2 heterocycles. The molecule has 0 saturated carbocycles. The number of nitrogens with zero attached hydrogens (tertiary/aromatic N) is 1. The summed E-state index contributed by atoms with van der Waals surface area (Å²) in [6, 6.07) is 13.0. The molecule has 1 aliphatic carbocycles. The van der Waals surface area contributed by atoms with E-state index in [0.29, 0.717) is 5.92 Å². The van der Waals surface area contributed by atoms with Gasteiger partial charge in [0.15, 0.2) is 0 Å². The second kappa shape index (κ2) is 7.42. The summed E-state index contributed by atoms with van der Waals surface area (Å²) in [4.78, 5) is 4.87. The lowest BCUT2D eigenvalue weighted by atomic mass is 9.60. The fourth-order valence-corrected chi connectivity index (χ4v) is 7.40. The van der Waals surface area contributed by atoms with E-state index in [0.717, 1.165) is 12.1 Å². The SMILES string of the molecule is Cc1c2c(c3c(sc4c(-c5ccccc5)nccc43)c1CC(C)C)C(C)(C)CCC2(C)C. The maximum absolute atomic E-state index is 4.87. The van der Waals surface area contributed by atoms with Gasteiger partial charge in [-0.1, -0.05) is 71.9 Å². The maximum atomic E-state index is 4.87. The molecule has 4 aromatic rings. The van der Waals surface area contributed by atoms with Crippen LogP contribution in [0.15, 0.2) is 42.6 Å². The topological polar surface area (TPSA) is 12.9 Å². The average Bonchev–Trinajstić information content (AvgIpc) is 3.13. The minimum Gasteiger partial charge on any atom is -0.255 e. The standard InChI is InChI=1S/C30H35NS/c1-18(2)17-22-19(3)24-25(30(6,7)15-14-29(24,4)5)23-21-13-16-31-26(28(21)32-27(22)23)20-11-9-8-10-12-20/h8-13,16,18H,14-15,17H2,1-7H3. The Morgan fingerprint density at radius 2 is 1.56 bits per heavy atom. The van der Waals surface area contributed by atoms with Crippen LogP contribution < -0.4 is 0 Å². The molecule has 0 radical (unpaired) electrons. The van der Waals surface area contributed by atoms with Crippen LogP contribution >= 0.6 is 11.3 Å². The van der Waals surface area contributed by atoms with Crippen LogP contribution in [0.3, 0.4) is 0 Å². The monoisotopic (exact) mass is 441 g/mol. The lowest BCUT2D eigenvalue weighted by Gasteiger charge is -2.44. The van der Waals surface area contributed by atoms with E-state index >= 15 is 0 Å². The molecule has 0 saturated heterocycles. The Kier molecular flexibility index (Phi) is 5.02. The molecule has 5 rings (SSSR count). The predicted molar refractivity (Wildman–Crippen MR) is 141 cm³/mol. The van der Waals surface area contributed by atoms with Crippen molar-refractivity contribution in [3.8, 4) is 11.3 Å². The Bertz CT molecular complexity index is 1320. The van der Waals surface area contributed by atoms with Gasteiger partial charge in [-0.3, -0.25) is 4.98 Å². The summed E-state index contributed by atoms with van der Waals surface area (Å²) in [6.45, 7) is 17.0. The summed E-state index contributed by atoms with van der Waals surface area (Å²) in [7, 11) is 0. The first-order chi connectivity index (χ1) is 15.1. The molecule has 1 aliphatic rings. The fourth-order valence-electron chi connectivity index (χ4n) is 5.97. The lowest BCUT2D eigenvalue weighted by Crippen LogP contribution is -2.35. The quantitative estimate of drug-likeness (QED) is 0.309. The number of hydrogen-bond donors (Lipinski definition) is 0. The number of hydrogen-bond acceptors (Lipinski definition) is 2. The van der Waals surface area contributed by atoms with Crippen molar-refractivity contribution in [2.24, 2.45) is 5.92 Å². The number of benzene rings is 2. The van der Waals surface area contributed by atoms with Crippen LogP contribution in [0, 0.1) is 12.8 Å². The van der Waals surface area contributed by atoms with Crippen LogP contribution in [0.1, 0.15) is 76.6 Å². The van der Waals surface area contributed by atoms with Crippen molar-refractivity contribution < 1.29 is 0 Å². The Balaban J connectivity index is 1.99. The van der Waals surface area contributed by atoms with Crippen LogP contribution in [0.2, 0.25) is 0 Å². The summed E-state index contributed by atoms with van der Waals surface area (Å²) in [5.41, 5.74) is 9.05. The third-order valence-corrected chi connectivity index (χ3v) is 8.87. The molecule has 0 aliphatic heterocycles. The summed E-state index contributed by atoms with van der Waals surface area (Å²) in [6.07, 6.45) is 5.64. The van der Waals surface area contributed by atoms with Crippen LogP contribution in [0.5, 0.6) is 0 Å². The van der Waals surface area contributed by atoms with E-state index in [1.54, 1.807) is 22.3 Å². The molecule has 0 bridgehead atoms. The van der Waals surface area contributed by atoms with Crippen molar-refractivity contribution in [2.75, 3.05) is 0 Å². The lowest BCUT2D eigenvalue weighted by molar-refractivity contribution is 0.333. The van der Waals surface area contributed by atoms with Gasteiger partial charge >= 0.3 is 0 Å². The molecule has 2 aromatic carbocycles. The molecule has 0 atom stereocenters. The summed E-state index contributed by atoms with van der Waals surface area (Å²) < 4.78 is 2.84. The highest BCUT2D eigenvalue weighted by molar-refractivity contribution is 7.26. The van der Waals surface area contributed by atoms with E-state index in [9.17, 15) is 0 Å². The van der Waals surface area contributed by atoms with Gasteiger partial charge < -0.3 is 0 Å². The van der Waals surface area contributed by atoms with E-state index in [-0.39, 0.29) is 10.8 Å².